The van der Waals surface area contributed by atoms with Crippen LogP contribution < -0.4 is 0 Å². The van der Waals surface area contributed by atoms with E-state index >= 15 is 0 Å². The van der Waals surface area contributed by atoms with Gasteiger partial charge in [0.25, 0.3) is 0 Å². The highest BCUT2D eigenvalue weighted by atomic mass is 32.2. The maximum absolute atomic E-state index is 12.9. The Balaban J connectivity index is 1.66. The van der Waals surface area contributed by atoms with Crippen LogP contribution in [0.3, 0.4) is 0 Å². The van der Waals surface area contributed by atoms with Gasteiger partial charge in [-0.05, 0) is 17.5 Å². The highest BCUT2D eigenvalue weighted by Gasteiger charge is 2.31. The number of pyridine rings is 1. The summed E-state index contributed by atoms with van der Waals surface area (Å²) in [6, 6.07) is 3.81. The van der Waals surface area contributed by atoms with Gasteiger partial charge in [-0.15, -0.1) is 10.2 Å². The van der Waals surface area contributed by atoms with Crippen molar-refractivity contribution < 1.29 is 14.3 Å². The largest absolute Gasteiger partial charge is 0.370 e. The molecule has 0 spiro atoms. The third kappa shape index (κ3) is 6.27. The van der Waals surface area contributed by atoms with Crippen LogP contribution in [-0.4, -0.2) is 79.4 Å². The van der Waals surface area contributed by atoms with Crippen molar-refractivity contribution in [1.29, 1.82) is 0 Å². The van der Waals surface area contributed by atoms with E-state index in [1.807, 2.05) is 24.1 Å². The second-order valence-corrected chi connectivity index (χ2v) is 8.72. The van der Waals surface area contributed by atoms with Crippen LogP contribution in [0.25, 0.3) is 0 Å². The summed E-state index contributed by atoms with van der Waals surface area (Å²) in [5.41, 5.74) is 0.958. The Hall–Kier alpha value is -2.46. The SMILES string of the molecule is CC(C)CN1C[C@H](OCc2cccnc2)CN(C(=O)CSc2nncn2C)CC1=O. The van der Waals surface area contributed by atoms with Crippen LogP contribution >= 0.6 is 11.8 Å². The third-order valence-corrected chi connectivity index (χ3v) is 5.69. The Morgan fingerprint density at radius 2 is 2.20 bits per heavy atom. The minimum atomic E-state index is -0.265. The summed E-state index contributed by atoms with van der Waals surface area (Å²) < 4.78 is 7.86. The minimum Gasteiger partial charge on any atom is -0.370 e. The number of aromatic nitrogens is 4. The monoisotopic (exact) mass is 432 g/mol. The van der Waals surface area contributed by atoms with Crippen molar-refractivity contribution in [2.75, 3.05) is 31.9 Å². The van der Waals surface area contributed by atoms with E-state index in [1.165, 1.54) is 11.8 Å². The Kier molecular flexibility index (Phi) is 7.81. The van der Waals surface area contributed by atoms with E-state index in [9.17, 15) is 9.59 Å². The summed E-state index contributed by atoms with van der Waals surface area (Å²) in [5.74, 6) is 0.367. The van der Waals surface area contributed by atoms with Crippen molar-refractivity contribution >= 4 is 23.6 Å². The standard InChI is InChI=1S/C20H28N6O3S/c1-15(2)8-25-9-17(29-12-16-5-4-6-21-7-16)10-26(11-18(25)27)19(28)13-30-20-23-22-14-24(20)3/h4-7,14-15,17H,8-13H2,1-3H3/t17-/m0/s1. The number of amides is 2. The molecule has 1 atom stereocenters. The maximum Gasteiger partial charge on any atom is 0.242 e. The Morgan fingerprint density at radius 1 is 1.37 bits per heavy atom. The van der Waals surface area contributed by atoms with Crippen LogP contribution in [0.15, 0.2) is 36.0 Å². The number of thioether (sulfide) groups is 1. The molecule has 9 nitrogen and oxygen atoms in total. The molecule has 1 aliphatic rings. The third-order valence-electron chi connectivity index (χ3n) is 4.67. The van der Waals surface area contributed by atoms with E-state index in [-0.39, 0.29) is 30.2 Å². The molecule has 2 aromatic heterocycles. The number of nitrogens with zero attached hydrogens (tertiary/aromatic N) is 6. The molecule has 0 N–H and O–H groups in total. The normalized spacial score (nSPS) is 17.5. The second kappa shape index (κ2) is 10.5. The lowest BCUT2D eigenvalue weighted by Gasteiger charge is -2.26. The zero-order valence-electron chi connectivity index (χ0n) is 17.6. The van der Waals surface area contributed by atoms with Gasteiger partial charge in [0.15, 0.2) is 5.16 Å². The predicted octanol–water partition coefficient (Wildman–Crippen LogP) is 1.21. The zero-order chi connectivity index (χ0) is 21.5. The lowest BCUT2D eigenvalue weighted by Crippen LogP contribution is -2.41. The summed E-state index contributed by atoms with van der Waals surface area (Å²) >= 11 is 1.31. The van der Waals surface area contributed by atoms with Crippen LogP contribution in [0.1, 0.15) is 19.4 Å². The molecule has 0 aliphatic carbocycles. The molecular formula is C20H28N6O3S. The number of ether oxygens (including phenoxy) is 1. The van der Waals surface area contributed by atoms with E-state index in [4.69, 9.17) is 4.74 Å². The van der Waals surface area contributed by atoms with Crippen molar-refractivity contribution in [2.24, 2.45) is 13.0 Å². The molecule has 0 radical (unpaired) electrons. The van der Waals surface area contributed by atoms with Gasteiger partial charge in [0.05, 0.1) is 25.0 Å². The number of hydrogen-bond donors (Lipinski definition) is 0. The van der Waals surface area contributed by atoms with Gasteiger partial charge >= 0.3 is 0 Å². The first-order chi connectivity index (χ1) is 14.4. The topological polar surface area (TPSA) is 93.4 Å². The summed E-state index contributed by atoms with van der Waals surface area (Å²) in [6.07, 6.45) is 4.80. The van der Waals surface area contributed by atoms with Crippen LogP contribution in [0.5, 0.6) is 0 Å². The fourth-order valence-corrected chi connectivity index (χ4v) is 4.00. The molecule has 0 saturated carbocycles. The number of aryl methyl sites for hydroxylation is 1. The number of carbonyl (C=O) groups excluding carboxylic acids is 2. The van der Waals surface area contributed by atoms with Gasteiger partial charge in [-0.25, -0.2) is 0 Å². The zero-order valence-corrected chi connectivity index (χ0v) is 18.4. The Labute approximate surface area is 180 Å². The Bertz CT molecular complexity index is 844. The fraction of sp³-hybridized carbons (Fsp3) is 0.550. The van der Waals surface area contributed by atoms with Crippen molar-refractivity contribution in [3.8, 4) is 0 Å². The van der Waals surface area contributed by atoms with Gasteiger partial charge in [-0.2, -0.15) is 0 Å². The van der Waals surface area contributed by atoms with E-state index in [2.05, 4.69) is 29.0 Å². The minimum absolute atomic E-state index is 0.0480. The smallest absolute Gasteiger partial charge is 0.242 e. The summed E-state index contributed by atoms with van der Waals surface area (Å²) in [4.78, 5) is 33.2. The van der Waals surface area contributed by atoms with Gasteiger partial charge in [-0.3, -0.25) is 14.6 Å². The second-order valence-electron chi connectivity index (χ2n) is 7.77. The van der Waals surface area contributed by atoms with Gasteiger partial charge in [0, 0.05) is 39.1 Å². The van der Waals surface area contributed by atoms with Gasteiger partial charge in [0.1, 0.15) is 6.33 Å². The molecule has 2 aromatic rings. The van der Waals surface area contributed by atoms with Crippen molar-refractivity contribution in [2.45, 2.75) is 31.7 Å². The van der Waals surface area contributed by atoms with Gasteiger partial charge in [-0.1, -0.05) is 31.7 Å². The summed E-state index contributed by atoms with van der Waals surface area (Å²) in [5, 5.41) is 8.47. The van der Waals surface area contributed by atoms with Gasteiger partial charge in [0.2, 0.25) is 11.8 Å². The number of rotatable bonds is 8. The Morgan fingerprint density at radius 3 is 2.87 bits per heavy atom. The van der Waals surface area contributed by atoms with Crippen molar-refractivity contribution in [3.63, 3.8) is 0 Å². The van der Waals surface area contributed by atoms with Gasteiger partial charge < -0.3 is 19.1 Å². The van der Waals surface area contributed by atoms with E-state index in [0.29, 0.717) is 37.3 Å². The van der Waals surface area contributed by atoms with Crippen LogP contribution in [-0.2, 0) is 28.0 Å². The predicted molar refractivity (Wildman–Crippen MR) is 113 cm³/mol. The molecule has 0 unspecified atom stereocenters. The van der Waals surface area contributed by atoms with Crippen molar-refractivity contribution in [1.82, 2.24) is 29.5 Å². The average Bonchev–Trinajstić information content (AvgIpc) is 3.06. The molecule has 3 rings (SSSR count). The molecule has 162 valence electrons. The first kappa shape index (κ1) is 22.2. The molecule has 1 saturated heterocycles. The van der Waals surface area contributed by atoms with Crippen molar-refractivity contribution in [3.05, 3.63) is 36.4 Å². The first-order valence-electron chi connectivity index (χ1n) is 9.95. The summed E-state index contributed by atoms with van der Waals surface area (Å²) in [6.45, 7) is 6.08. The molecule has 0 bridgehead atoms. The molecule has 0 aromatic carbocycles. The first-order valence-corrected chi connectivity index (χ1v) is 10.9. The average molecular weight is 433 g/mol. The quantitative estimate of drug-likeness (QED) is 0.579. The number of carbonyl (C=O) groups is 2. The van der Waals surface area contributed by atoms with E-state index in [1.54, 1.807) is 28.2 Å². The molecule has 10 heteroatoms. The molecule has 2 amide bonds. The lowest BCUT2D eigenvalue weighted by molar-refractivity contribution is -0.137. The molecule has 1 aliphatic heterocycles. The van der Waals surface area contributed by atoms with Crippen LogP contribution in [0.2, 0.25) is 0 Å². The highest BCUT2D eigenvalue weighted by molar-refractivity contribution is 7.99. The fourth-order valence-electron chi connectivity index (χ4n) is 3.21. The summed E-state index contributed by atoms with van der Waals surface area (Å²) in [7, 11) is 1.83. The van der Waals surface area contributed by atoms with Crippen LogP contribution in [0, 0.1) is 5.92 Å². The number of hydrogen-bond acceptors (Lipinski definition) is 7. The highest BCUT2D eigenvalue weighted by Crippen LogP contribution is 2.17. The maximum atomic E-state index is 12.9. The molecule has 30 heavy (non-hydrogen) atoms. The molecular weight excluding hydrogens is 404 g/mol. The van der Waals surface area contributed by atoms with E-state index < -0.39 is 0 Å². The lowest BCUT2D eigenvalue weighted by atomic mass is 10.2. The van der Waals surface area contributed by atoms with E-state index in [0.717, 1.165) is 5.56 Å². The van der Waals surface area contributed by atoms with Crippen LogP contribution in [0.4, 0.5) is 0 Å². The molecule has 1 fully saturated rings. The molecule has 3 heterocycles.